The number of hydrogen-bond acceptors (Lipinski definition) is 5. The molecule has 33 heavy (non-hydrogen) atoms. The van der Waals surface area contributed by atoms with E-state index in [4.69, 9.17) is 9.47 Å². The first-order valence-corrected chi connectivity index (χ1v) is 12.5. The van der Waals surface area contributed by atoms with Crippen LogP contribution in [0.4, 0.5) is 0 Å². The molecule has 0 radical (unpaired) electrons. The van der Waals surface area contributed by atoms with Crippen molar-refractivity contribution in [3.05, 3.63) is 83.7 Å². The van der Waals surface area contributed by atoms with Gasteiger partial charge in [0.15, 0.2) is 5.78 Å². The van der Waals surface area contributed by atoms with E-state index >= 15 is 0 Å². The maximum Gasteiger partial charge on any atom is 0.166 e. The number of pyridine rings is 1. The summed E-state index contributed by atoms with van der Waals surface area (Å²) in [4.78, 5) is 18.2. The largest absolute Gasteiger partial charge is 0.493 e. The van der Waals surface area contributed by atoms with Crippen molar-refractivity contribution in [3.63, 3.8) is 0 Å². The van der Waals surface area contributed by atoms with E-state index in [-0.39, 0.29) is 5.78 Å². The lowest BCUT2D eigenvalue weighted by Gasteiger charge is -2.18. The molecular formula is C28H33NO3S. The molecule has 5 heteroatoms. The van der Waals surface area contributed by atoms with Crippen molar-refractivity contribution in [2.75, 3.05) is 12.4 Å². The number of Topliss-reactive ketones (excluding diaryl/α,β-unsaturated/α-hetero) is 1. The molecule has 3 rings (SSSR count). The zero-order chi connectivity index (χ0) is 23.5. The molecule has 0 N–H and O–H groups in total. The van der Waals surface area contributed by atoms with Crippen LogP contribution >= 0.6 is 11.8 Å². The number of thioether (sulfide) groups is 1. The second-order valence-electron chi connectivity index (χ2n) is 8.45. The van der Waals surface area contributed by atoms with E-state index in [0.29, 0.717) is 36.9 Å². The van der Waals surface area contributed by atoms with Crippen LogP contribution in [0.2, 0.25) is 0 Å². The quantitative estimate of drug-likeness (QED) is 0.153. The van der Waals surface area contributed by atoms with Crippen molar-refractivity contribution >= 4 is 17.5 Å². The summed E-state index contributed by atoms with van der Waals surface area (Å²) >= 11 is 1.83. The SMILES string of the molecule is Cc1c(OCCCCSc2ccncc2)ccc(C(=O)CC(C)C)c1OCc1ccccc1. The summed E-state index contributed by atoms with van der Waals surface area (Å²) in [5.74, 6) is 2.85. The predicted molar refractivity (Wildman–Crippen MR) is 135 cm³/mol. The predicted octanol–water partition coefficient (Wildman–Crippen LogP) is 7.15. The Balaban J connectivity index is 1.61. The molecule has 0 fully saturated rings. The van der Waals surface area contributed by atoms with Crippen LogP contribution in [-0.2, 0) is 6.61 Å². The zero-order valence-corrected chi connectivity index (χ0v) is 20.6. The van der Waals surface area contributed by atoms with Crippen LogP contribution in [-0.4, -0.2) is 23.1 Å². The second kappa shape index (κ2) is 13.0. The van der Waals surface area contributed by atoms with E-state index in [1.165, 1.54) is 4.90 Å². The van der Waals surface area contributed by atoms with Crippen molar-refractivity contribution in [3.8, 4) is 11.5 Å². The summed E-state index contributed by atoms with van der Waals surface area (Å²) in [5, 5.41) is 0. The monoisotopic (exact) mass is 463 g/mol. The van der Waals surface area contributed by atoms with Crippen LogP contribution < -0.4 is 9.47 Å². The van der Waals surface area contributed by atoms with Gasteiger partial charge in [0, 0.05) is 29.3 Å². The van der Waals surface area contributed by atoms with Gasteiger partial charge in [0.25, 0.3) is 0 Å². The Hall–Kier alpha value is -2.79. The van der Waals surface area contributed by atoms with E-state index in [9.17, 15) is 4.79 Å². The number of rotatable bonds is 13. The number of aromatic nitrogens is 1. The van der Waals surface area contributed by atoms with Crippen LogP contribution in [0.1, 0.15) is 54.6 Å². The molecule has 0 atom stereocenters. The first-order valence-electron chi connectivity index (χ1n) is 11.5. The molecule has 2 aromatic carbocycles. The highest BCUT2D eigenvalue weighted by molar-refractivity contribution is 7.99. The normalized spacial score (nSPS) is 10.9. The molecule has 3 aromatic rings. The van der Waals surface area contributed by atoms with Crippen molar-refractivity contribution in [2.45, 2.75) is 51.5 Å². The molecule has 1 aromatic heterocycles. The summed E-state index contributed by atoms with van der Waals surface area (Å²) in [7, 11) is 0. The van der Waals surface area contributed by atoms with Gasteiger partial charge in [-0.1, -0.05) is 44.2 Å². The lowest BCUT2D eigenvalue weighted by atomic mass is 9.98. The molecule has 4 nitrogen and oxygen atoms in total. The zero-order valence-electron chi connectivity index (χ0n) is 19.8. The van der Waals surface area contributed by atoms with Crippen LogP contribution in [0.25, 0.3) is 0 Å². The first kappa shape index (κ1) is 24.8. The second-order valence-corrected chi connectivity index (χ2v) is 9.62. The molecule has 0 bridgehead atoms. The lowest BCUT2D eigenvalue weighted by Crippen LogP contribution is -2.09. The molecule has 0 saturated heterocycles. The Morgan fingerprint density at radius 2 is 1.73 bits per heavy atom. The summed E-state index contributed by atoms with van der Waals surface area (Å²) in [6, 6.07) is 17.8. The summed E-state index contributed by atoms with van der Waals surface area (Å²) in [5.41, 5.74) is 2.59. The lowest BCUT2D eigenvalue weighted by molar-refractivity contribution is 0.0963. The van der Waals surface area contributed by atoms with E-state index in [1.807, 2.05) is 85.7 Å². The van der Waals surface area contributed by atoms with E-state index < -0.39 is 0 Å². The smallest absolute Gasteiger partial charge is 0.166 e. The number of unbranched alkanes of at least 4 members (excludes halogenated alkanes) is 1. The average molecular weight is 464 g/mol. The fourth-order valence-electron chi connectivity index (χ4n) is 3.46. The molecular weight excluding hydrogens is 430 g/mol. The van der Waals surface area contributed by atoms with Gasteiger partial charge in [0.05, 0.1) is 12.2 Å². The van der Waals surface area contributed by atoms with Crippen molar-refractivity contribution in [1.29, 1.82) is 0 Å². The number of nitrogens with zero attached hydrogens (tertiary/aromatic N) is 1. The van der Waals surface area contributed by atoms with Crippen LogP contribution in [0.3, 0.4) is 0 Å². The summed E-state index contributed by atoms with van der Waals surface area (Å²) in [6.07, 6.45) is 6.17. The molecule has 174 valence electrons. The third-order valence-corrected chi connectivity index (χ3v) is 6.29. The Morgan fingerprint density at radius 3 is 2.45 bits per heavy atom. The molecule has 0 aliphatic heterocycles. The average Bonchev–Trinajstić information content (AvgIpc) is 2.82. The summed E-state index contributed by atoms with van der Waals surface area (Å²) < 4.78 is 12.3. The third kappa shape index (κ3) is 7.93. The van der Waals surface area contributed by atoms with Gasteiger partial charge >= 0.3 is 0 Å². The van der Waals surface area contributed by atoms with Gasteiger partial charge < -0.3 is 9.47 Å². The Kier molecular flexibility index (Phi) is 9.82. The number of carbonyl (C=O) groups excluding carboxylic acids is 1. The number of ether oxygens (including phenoxy) is 2. The minimum atomic E-state index is 0.107. The van der Waals surface area contributed by atoms with E-state index in [0.717, 1.165) is 35.5 Å². The molecule has 1 heterocycles. The van der Waals surface area contributed by atoms with Crippen molar-refractivity contribution < 1.29 is 14.3 Å². The third-order valence-electron chi connectivity index (χ3n) is 5.19. The standard InChI is InChI=1S/C28H33NO3S/c1-21(2)19-26(30)25-11-12-27(22(3)28(25)32-20-23-9-5-4-6-10-23)31-17-7-8-18-33-24-13-15-29-16-14-24/h4-6,9-16,21H,7-8,17-20H2,1-3H3. The van der Waals surface area contributed by atoms with Gasteiger partial charge in [-0.05, 0) is 61.3 Å². The maximum absolute atomic E-state index is 12.9. The van der Waals surface area contributed by atoms with Crippen LogP contribution in [0, 0.1) is 12.8 Å². The summed E-state index contributed by atoms with van der Waals surface area (Å²) in [6.45, 7) is 7.13. The Labute approximate surface area is 201 Å². The number of carbonyl (C=O) groups is 1. The minimum absolute atomic E-state index is 0.107. The number of hydrogen-bond donors (Lipinski definition) is 0. The molecule has 0 amide bonds. The fourth-order valence-corrected chi connectivity index (χ4v) is 4.36. The van der Waals surface area contributed by atoms with Gasteiger partial charge in [-0.2, -0.15) is 0 Å². The van der Waals surface area contributed by atoms with Crippen molar-refractivity contribution in [2.24, 2.45) is 5.92 Å². The van der Waals surface area contributed by atoms with Crippen molar-refractivity contribution in [1.82, 2.24) is 4.98 Å². The number of benzene rings is 2. The van der Waals surface area contributed by atoms with E-state index in [2.05, 4.69) is 18.8 Å². The van der Waals surface area contributed by atoms with Crippen LogP contribution in [0.5, 0.6) is 11.5 Å². The molecule has 0 aliphatic carbocycles. The Bertz CT molecular complexity index is 1010. The maximum atomic E-state index is 12.9. The highest BCUT2D eigenvalue weighted by Crippen LogP contribution is 2.34. The fraction of sp³-hybridized carbons (Fsp3) is 0.357. The molecule has 0 aliphatic rings. The van der Waals surface area contributed by atoms with Gasteiger partial charge in [-0.3, -0.25) is 9.78 Å². The molecule has 0 saturated carbocycles. The topological polar surface area (TPSA) is 48.4 Å². The molecule has 0 spiro atoms. The minimum Gasteiger partial charge on any atom is -0.493 e. The molecule has 0 unspecified atom stereocenters. The van der Waals surface area contributed by atoms with Gasteiger partial charge in [-0.15, -0.1) is 11.8 Å². The first-order chi connectivity index (χ1) is 16.0. The van der Waals surface area contributed by atoms with Gasteiger partial charge in [0.1, 0.15) is 18.1 Å². The van der Waals surface area contributed by atoms with Crippen LogP contribution in [0.15, 0.2) is 71.9 Å². The number of ketones is 1. The Morgan fingerprint density at radius 1 is 0.970 bits per heavy atom. The highest BCUT2D eigenvalue weighted by Gasteiger charge is 2.19. The van der Waals surface area contributed by atoms with Gasteiger partial charge in [0.2, 0.25) is 0 Å². The van der Waals surface area contributed by atoms with Gasteiger partial charge in [-0.25, -0.2) is 0 Å². The van der Waals surface area contributed by atoms with E-state index in [1.54, 1.807) is 0 Å². The highest BCUT2D eigenvalue weighted by atomic mass is 32.2.